The Morgan fingerprint density at radius 3 is 2.10 bits per heavy atom. The first kappa shape index (κ1) is 15.0. The van der Waals surface area contributed by atoms with Crippen LogP contribution in [-0.4, -0.2) is 11.7 Å². The Kier molecular flexibility index (Phi) is 5.29. The van der Waals surface area contributed by atoms with Gasteiger partial charge in [0.2, 0.25) is 0 Å². The summed E-state index contributed by atoms with van der Waals surface area (Å²) < 4.78 is 18.2. The van der Waals surface area contributed by atoms with Crippen LogP contribution in [0.15, 0.2) is 61.2 Å². The number of rotatable bonds is 5. The molecule has 0 aliphatic rings. The highest BCUT2D eigenvalue weighted by Crippen LogP contribution is 2.16. The first-order valence-electron chi connectivity index (χ1n) is 6.35. The molecule has 2 rings (SSSR count). The van der Waals surface area contributed by atoms with Crippen LogP contribution in [-0.2, 0) is 0 Å². The van der Waals surface area contributed by atoms with E-state index in [1.807, 2.05) is 24.3 Å². The Hall–Kier alpha value is -2.40. The number of nitrogens with one attached hydrogen (secondary N) is 2. The fourth-order valence-electron chi connectivity index (χ4n) is 1.62. The molecule has 2 aromatic rings. The van der Waals surface area contributed by atoms with Gasteiger partial charge in [0, 0.05) is 11.4 Å². The number of hydrogen-bond donors (Lipinski definition) is 2. The van der Waals surface area contributed by atoms with Gasteiger partial charge in [-0.1, -0.05) is 12.7 Å². The average Bonchev–Trinajstić information content (AvgIpc) is 2.49. The molecule has 108 valence electrons. The standard InChI is InChI=1S/C16H15FN2OS/c1-2-11-20-15-9-7-14(8-10-15)19-16(21)18-13-5-3-12(17)4-6-13/h2-10H,1,11H2,(H2,18,19,21). The van der Waals surface area contributed by atoms with Gasteiger partial charge in [-0.3, -0.25) is 0 Å². The second kappa shape index (κ2) is 7.40. The molecule has 0 fully saturated rings. The van der Waals surface area contributed by atoms with Crippen molar-refractivity contribution >= 4 is 28.7 Å². The van der Waals surface area contributed by atoms with Crippen molar-refractivity contribution in [2.24, 2.45) is 0 Å². The van der Waals surface area contributed by atoms with Gasteiger partial charge in [-0.05, 0) is 60.7 Å². The molecule has 21 heavy (non-hydrogen) atoms. The Morgan fingerprint density at radius 2 is 1.57 bits per heavy atom. The van der Waals surface area contributed by atoms with Crippen molar-refractivity contribution in [2.45, 2.75) is 0 Å². The van der Waals surface area contributed by atoms with Crippen LogP contribution in [0.5, 0.6) is 5.75 Å². The molecule has 0 radical (unpaired) electrons. The normalized spacial score (nSPS) is 9.76. The van der Waals surface area contributed by atoms with Crippen molar-refractivity contribution in [1.82, 2.24) is 0 Å². The second-order valence-corrected chi connectivity index (χ2v) is 4.62. The third-order valence-corrected chi connectivity index (χ3v) is 2.79. The minimum atomic E-state index is -0.283. The van der Waals surface area contributed by atoms with E-state index in [0.29, 0.717) is 11.7 Å². The predicted octanol–water partition coefficient (Wildman–Crippen LogP) is 4.20. The van der Waals surface area contributed by atoms with Crippen molar-refractivity contribution < 1.29 is 9.13 Å². The van der Waals surface area contributed by atoms with E-state index in [-0.39, 0.29) is 5.82 Å². The van der Waals surface area contributed by atoms with Gasteiger partial charge in [-0.25, -0.2) is 4.39 Å². The fourth-order valence-corrected chi connectivity index (χ4v) is 1.85. The Bertz CT molecular complexity index is 611. The van der Waals surface area contributed by atoms with Crippen LogP contribution in [0.4, 0.5) is 15.8 Å². The molecule has 0 amide bonds. The molecule has 0 aromatic heterocycles. The van der Waals surface area contributed by atoms with Crippen LogP contribution >= 0.6 is 12.2 Å². The number of benzene rings is 2. The number of hydrogen-bond acceptors (Lipinski definition) is 2. The molecular weight excluding hydrogens is 287 g/mol. The minimum Gasteiger partial charge on any atom is -0.490 e. The van der Waals surface area contributed by atoms with Gasteiger partial charge < -0.3 is 15.4 Å². The molecule has 0 unspecified atom stereocenters. The zero-order valence-electron chi connectivity index (χ0n) is 11.3. The van der Waals surface area contributed by atoms with E-state index in [9.17, 15) is 4.39 Å². The maximum absolute atomic E-state index is 12.8. The molecule has 2 N–H and O–H groups in total. The topological polar surface area (TPSA) is 33.3 Å². The summed E-state index contributed by atoms with van der Waals surface area (Å²) in [6, 6.07) is 13.4. The van der Waals surface area contributed by atoms with E-state index in [2.05, 4.69) is 17.2 Å². The zero-order chi connectivity index (χ0) is 15.1. The molecule has 0 aliphatic heterocycles. The second-order valence-electron chi connectivity index (χ2n) is 4.21. The molecule has 0 bridgehead atoms. The third-order valence-electron chi connectivity index (χ3n) is 2.58. The Balaban J connectivity index is 1.90. The maximum atomic E-state index is 12.8. The summed E-state index contributed by atoms with van der Waals surface area (Å²) in [5, 5.41) is 6.45. The molecular formula is C16H15FN2OS. The number of halogens is 1. The van der Waals surface area contributed by atoms with Crippen molar-refractivity contribution in [3.05, 3.63) is 67.0 Å². The molecule has 0 atom stereocenters. The van der Waals surface area contributed by atoms with Crippen LogP contribution in [0.25, 0.3) is 0 Å². The summed E-state index contributed by atoms with van der Waals surface area (Å²) in [5.74, 6) is 0.479. The molecule has 0 aliphatic carbocycles. The Labute approximate surface area is 128 Å². The van der Waals surface area contributed by atoms with Crippen molar-refractivity contribution in [2.75, 3.05) is 17.2 Å². The van der Waals surface area contributed by atoms with Crippen molar-refractivity contribution in [1.29, 1.82) is 0 Å². The lowest BCUT2D eigenvalue weighted by molar-refractivity contribution is 0.363. The zero-order valence-corrected chi connectivity index (χ0v) is 12.1. The lowest BCUT2D eigenvalue weighted by Crippen LogP contribution is -2.18. The summed E-state index contributed by atoms with van der Waals surface area (Å²) in [6.45, 7) is 4.06. The van der Waals surface area contributed by atoms with Crippen LogP contribution < -0.4 is 15.4 Å². The third kappa shape index (κ3) is 4.89. The number of thiocarbonyl (C=S) groups is 1. The number of anilines is 2. The van der Waals surface area contributed by atoms with Gasteiger partial charge in [-0.15, -0.1) is 0 Å². The predicted molar refractivity (Wildman–Crippen MR) is 88.4 cm³/mol. The maximum Gasteiger partial charge on any atom is 0.175 e. The summed E-state index contributed by atoms with van der Waals surface area (Å²) in [4.78, 5) is 0. The van der Waals surface area contributed by atoms with Gasteiger partial charge in [0.05, 0.1) is 0 Å². The first-order chi connectivity index (χ1) is 10.2. The summed E-state index contributed by atoms with van der Waals surface area (Å²) in [6.07, 6.45) is 1.69. The summed E-state index contributed by atoms with van der Waals surface area (Å²) >= 11 is 5.19. The number of ether oxygens (including phenoxy) is 1. The molecule has 0 spiro atoms. The van der Waals surface area contributed by atoms with Gasteiger partial charge in [0.1, 0.15) is 18.2 Å². The largest absolute Gasteiger partial charge is 0.490 e. The molecule has 0 saturated carbocycles. The lowest BCUT2D eigenvalue weighted by atomic mass is 10.3. The molecule has 0 saturated heterocycles. The summed E-state index contributed by atoms with van der Waals surface area (Å²) in [5.41, 5.74) is 1.56. The lowest BCUT2D eigenvalue weighted by Gasteiger charge is -2.11. The van der Waals surface area contributed by atoms with Crippen molar-refractivity contribution in [3.8, 4) is 5.75 Å². The van der Waals surface area contributed by atoms with E-state index >= 15 is 0 Å². The quantitative estimate of drug-likeness (QED) is 0.640. The highest BCUT2D eigenvalue weighted by Gasteiger charge is 2.00. The van der Waals surface area contributed by atoms with E-state index in [1.54, 1.807) is 18.2 Å². The molecule has 2 aromatic carbocycles. The van der Waals surface area contributed by atoms with E-state index < -0.39 is 0 Å². The molecule has 5 heteroatoms. The van der Waals surface area contributed by atoms with E-state index in [0.717, 1.165) is 17.1 Å². The van der Waals surface area contributed by atoms with Gasteiger partial charge in [0.25, 0.3) is 0 Å². The van der Waals surface area contributed by atoms with Crippen LogP contribution in [0, 0.1) is 5.82 Å². The average molecular weight is 302 g/mol. The van der Waals surface area contributed by atoms with E-state index in [1.165, 1.54) is 12.1 Å². The molecule has 0 heterocycles. The summed E-state index contributed by atoms with van der Waals surface area (Å²) in [7, 11) is 0. The SMILES string of the molecule is C=CCOc1ccc(NC(=S)Nc2ccc(F)cc2)cc1. The minimum absolute atomic E-state index is 0.283. The first-order valence-corrected chi connectivity index (χ1v) is 6.75. The van der Waals surface area contributed by atoms with E-state index in [4.69, 9.17) is 17.0 Å². The monoisotopic (exact) mass is 302 g/mol. The van der Waals surface area contributed by atoms with Crippen LogP contribution in [0.2, 0.25) is 0 Å². The van der Waals surface area contributed by atoms with Crippen LogP contribution in [0.1, 0.15) is 0 Å². The van der Waals surface area contributed by atoms with Gasteiger partial charge in [-0.2, -0.15) is 0 Å². The van der Waals surface area contributed by atoms with Crippen molar-refractivity contribution in [3.63, 3.8) is 0 Å². The Morgan fingerprint density at radius 1 is 1.05 bits per heavy atom. The van der Waals surface area contributed by atoms with Crippen LogP contribution in [0.3, 0.4) is 0 Å². The highest BCUT2D eigenvalue weighted by atomic mass is 32.1. The van der Waals surface area contributed by atoms with Gasteiger partial charge in [0.15, 0.2) is 5.11 Å². The molecule has 3 nitrogen and oxygen atoms in total. The fraction of sp³-hybridized carbons (Fsp3) is 0.0625. The highest BCUT2D eigenvalue weighted by molar-refractivity contribution is 7.80. The van der Waals surface area contributed by atoms with Gasteiger partial charge >= 0.3 is 0 Å². The smallest absolute Gasteiger partial charge is 0.175 e.